The van der Waals surface area contributed by atoms with Crippen LogP contribution in [0, 0.1) is 6.92 Å². The second kappa shape index (κ2) is 6.13. The van der Waals surface area contributed by atoms with E-state index in [-0.39, 0.29) is 5.91 Å². The van der Waals surface area contributed by atoms with E-state index in [9.17, 15) is 4.79 Å². The van der Waals surface area contributed by atoms with Crippen molar-refractivity contribution in [3.63, 3.8) is 0 Å². The van der Waals surface area contributed by atoms with Crippen LogP contribution in [0.5, 0.6) is 11.5 Å². The van der Waals surface area contributed by atoms with Gasteiger partial charge in [0.25, 0.3) is 5.91 Å². The molecule has 0 bridgehead atoms. The van der Waals surface area contributed by atoms with Gasteiger partial charge in [0.05, 0.1) is 23.4 Å². The highest BCUT2D eigenvalue weighted by atomic mass is 32.1. The molecule has 1 amide bonds. The third kappa shape index (κ3) is 2.80. The summed E-state index contributed by atoms with van der Waals surface area (Å²) in [5, 5.41) is 3.46. The van der Waals surface area contributed by atoms with Crippen LogP contribution < -0.4 is 14.8 Å². The van der Waals surface area contributed by atoms with E-state index >= 15 is 0 Å². The number of nitrogens with zero attached hydrogens (tertiary/aromatic N) is 1. The van der Waals surface area contributed by atoms with Gasteiger partial charge in [-0.1, -0.05) is 23.5 Å². The summed E-state index contributed by atoms with van der Waals surface area (Å²) >= 11 is 1.47. The average molecular weight is 340 g/mol. The van der Waals surface area contributed by atoms with E-state index < -0.39 is 0 Å². The van der Waals surface area contributed by atoms with Crippen molar-refractivity contribution < 1.29 is 14.3 Å². The Morgan fingerprint density at radius 3 is 2.83 bits per heavy atom. The fraction of sp³-hybridized carbons (Fsp3) is 0.222. The third-order valence-corrected chi connectivity index (χ3v) is 4.79. The number of hydrogen-bond acceptors (Lipinski definition) is 5. The van der Waals surface area contributed by atoms with Gasteiger partial charge in [-0.05, 0) is 36.8 Å². The van der Waals surface area contributed by atoms with Crippen LogP contribution in [0.3, 0.4) is 0 Å². The van der Waals surface area contributed by atoms with Crippen LogP contribution in [-0.2, 0) is 0 Å². The zero-order valence-corrected chi connectivity index (χ0v) is 14.0. The van der Waals surface area contributed by atoms with Crippen molar-refractivity contribution in [1.29, 1.82) is 0 Å². The summed E-state index contributed by atoms with van der Waals surface area (Å²) in [7, 11) is 0. The highest BCUT2D eigenvalue weighted by molar-refractivity contribution is 7.22. The number of fused-ring (bicyclic) bond motifs is 2. The Bertz CT molecular complexity index is 920. The molecule has 4 rings (SSSR count). The molecule has 1 N–H and O–H groups in total. The Labute approximate surface area is 143 Å². The van der Waals surface area contributed by atoms with Gasteiger partial charge in [0.2, 0.25) is 0 Å². The van der Waals surface area contributed by atoms with Gasteiger partial charge in [0.15, 0.2) is 16.6 Å². The normalized spacial score (nSPS) is 13.5. The number of aryl methyl sites for hydroxylation is 1. The van der Waals surface area contributed by atoms with Gasteiger partial charge in [-0.25, -0.2) is 4.98 Å². The number of carbonyl (C=O) groups is 1. The van der Waals surface area contributed by atoms with Crippen molar-refractivity contribution in [1.82, 2.24) is 4.98 Å². The SMILES string of the molecule is Cc1cccc2sc(NC(=O)c3ccc4c(c3)OCCCO4)nc12. The van der Waals surface area contributed by atoms with Gasteiger partial charge in [0.1, 0.15) is 0 Å². The summed E-state index contributed by atoms with van der Waals surface area (Å²) < 4.78 is 12.3. The Morgan fingerprint density at radius 2 is 2.00 bits per heavy atom. The molecule has 0 radical (unpaired) electrons. The van der Waals surface area contributed by atoms with Crippen LogP contribution in [0.4, 0.5) is 5.13 Å². The first-order valence-electron chi connectivity index (χ1n) is 7.78. The molecule has 0 aliphatic carbocycles. The maximum Gasteiger partial charge on any atom is 0.257 e. The van der Waals surface area contributed by atoms with E-state index in [4.69, 9.17) is 9.47 Å². The van der Waals surface area contributed by atoms with Crippen molar-refractivity contribution in [2.45, 2.75) is 13.3 Å². The fourth-order valence-corrected chi connectivity index (χ4v) is 3.55. The van der Waals surface area contributed by atoms with Crippen LogP contribution in [0.15, 0.2) is 36.4 Å². The summed E-state index contributed by atoms with van der Waals surface area (Å²) in [6.45, 7) is 3.23. The first-order valence-corrected chi connectivity index (χ1v) is 8.59. The maximum absolute atomic E-state index is 12.5. The molecule has 5 nitrogen and oxygen atoms in total. The minimum absolute atomic E-state index is 0.206. The zero-order valence-electron chi connectivity index (χ0n) is 13.2. The molecule has 0 saturated carbocycles. The Morgan fingerprint density at radius 1 is 1.17 bits per heavy atom. The Kier molecular flexibility index (Phi) is 3.82. The van der Waals surface area contributed by atoms with Crippen molar-refractivity contribution >= 4 is 32.6 Å². The molecular formula is C18H16N2O3S. The number of carbonyl (C=O) groups excluding carboxylic acids is 1. The number of amides is 1. The average Bonchev–Trinajstić information content (AvgIpc) is 2.85. The van der Waals surface area contributed by atoms with Crippen molar-refractivity contribution in [3.8, 4) is 11.5 Å². The molecule has 1 aliphatic heterocycles. The van der Waals surface area contributed by atoms with Crippen LogP contribution in [-0.4, -0.2) is 24.1 Å². The van der Waals surface area contributed by atoms with Gasteiger partial charge < -0.3 is 9.47 Å². The number of anilines is 1. The summed E-state index contributed by atoms with van der Waals surface area (Å²) in [5.41, 5.74) is 2.55. The molecule has 122 valence electrons. The summed E-state index contributed by atoms with van der Waals surface area (Å²) in [4.78, 5) is 17.0. The lowest BCUT2D eigenvalue weighted by molar-refractivity contribution is 0.102. The van der Waals surface area contributed by atoms with Crippen molar-refractivity contribution in [2.75, 3.05) is 18.5 Å². The standard InChI is InChI=1S/C18H16N2O3S/c1-11-4-2-5-15-16(11)19-18(24-15)20-17(21)12-6-7-13-14(10-12)23-9-3-8-22-13/h2,4-7,10H,3,8-9H2,1H3,(H,19,20,21). The maximum atomic E-state index is 12.5. The molecule has 0 spiro atoms. The molecule has 3 aromatic rings. The van der Waals surface area contributed by atoms with Gasteiger partial charge in [-0.3, -0.25) is 10.1 Å². The minimum atomic E-state index is -0.206. The second-order valence-electron chi connectivity index (χ2n) is 5.61. The number of thiazole rings is 1. The summed E-state index contributed by atoms with van der Waals surface area (Å²) in [6.07, 6.45) is 0.835. The monoisotopic (exact) mass is 340 g/mol. The highest BCUT2D eigenvalue weighted by Gasteiger charge is 2.15. The first-order chi connectivity index (χ1) is 11.7. The molecule has 0 saturated heterocycles. The molecule has 6 heteroatoms. The van der Waals surface area contributed by atoms with E-state index in [1.54, 1.807) is 18.2 Å². The van der Waals surface area contributed by atoms with E-state index in [1.165, 1.54) is 11.3 Å². The Balaban J connectivity index is 1.59. The van der Waals surface area contributed by atoms with E-state index in [1.807, 2.05) is 25.1 Å². The third-order valence-electron chi connectivity index (χ3n) is 3.85. The molecule has 1 aliphatic rings. The van der Waals surface area contributed by atoms with E-state index in [0.717, 1.165) is 22.2 Å². The number of para-hydroxylation sites is 1. The van der Waals surface area contributed by atoms with Crippen LogP contribution >= 0.6 is 11.3 Å². The number of aromatic nitrogens is 1. The number of nitrogens with one attached hydrogen (secondary N) is 1. The first kappa shape index (κ1) is 15.0. The van der Waals surface area contributed by atoms with Gasteiger partial charge >= 0.3 is 0 Å². The van der Waals surface area contributed by atoms with Crippen LogP contribution in [0.25, 0.3) is 10.2 Å². The quantitative estimate of drug-likeness (QED) is 0.765. The van der Waals surface area contributed by atoms with Gasteiger partial charge in [-0.15, -0.1) is 0 Å². The molecule has 0 unspecified atom stereocenters. The number of rotatable bonds is 2. The lowest BCUT2D eigenvalue weighted by Crippen LogP contribution is -2.11. The van der Waals surface area contributed by atoms with Gasteiger partial charge in [0, 0.05) is 12.0 Å². The molecule has 2 heterocycles. The topological polar surface area (TPSA) is 60.5 Å². The molecular weight excluding hydrogens is 324 g/mol. The molecule has 1 aromatic heterocycles. The molecule has 0 atom stereocenters. The summed E-state index contributed by atoms with van der Waals surface area (Å²) in [5.74, 6) is 1.09. The summed E-state index contributed by atoms with van der Waals surface area (Å²) in [6, 6.07) is 11.2. The minimum Gasteiger partial charge on any atom is -0.490 e. The zero-order chi connectivity index (χ0) is 16.5. The van der Waals surface area contributed by atoms with Gasteiger partial charge in [-0.2, -0.15) is 0 Å². The molecule has 24 heavy (non-hydrogen) atoms. The van der Waals surface area contributed by atoms with E-state index in [0.29, 0.717) is 35.4 Å². The van der Waals surface area contributed by atoms with Crippen molar-refractivity contribution in [3.05, 3.63) is 47.5 Å². The largest absolute Gasteiger partial charge is 0.490 e. The smallest absolute Gasteiger partial charge is 0.257 e. The predicted molar refractivity (Wildman–Crippen MR) is 94.4 cm³/mol. The molecule has 0 fully saturated rings. The number of benzene rings is 2. The predicted octanol–water partition coefficient (Wildman–Crippen LogP) is 4.02. The van der Waals surface area contributed by atoms with Crippen LogP contribution in [0.1, 0.15) is 22.3 Å². The fourth-order valence-electron chi connectivity index (χ4n) is 2.61. The lowest BCUT2D eigenvalue weighted by atomic mass is 10.2. The highest BCUT2D eigenvalue weighted by Crippen LogP contribution is 2.31. The lowest BCUT2D eigenvalue weighted by Gasteiger charge is -2.08. The van der Waals surface area contributed by atoms with Crippen LogP contribution in [0.2, 0.25) is 0 Å². The second-order valence-corrected chi connectivity index (χ2v) is 6.64. The van der Waals surface area contributed by atoms with Crippen molar-refractivity contribution in [2.24, 2.45) is 0 Å². The number of hydrogen-bond donors (Lipinski definition) is 1. The van der Waals surface area contributed by atoms with E-state index in [2.05, 4.69) is 10.3 Å². The molecule has 2 aromatic carbocycles. The number of ether oxygens (including phenoxy) is 2. The Hall–Kier alpha value is -2.60.